The number of carbonyl (C=O) groups excluding carboxylic acids is 2. The van der Waals surface area contributed by atoms with Crippen molar-refractivity contribution in [1.29, 1.82) is 0 Å². The average molecular weight is 416 g/mol. The van der Waals surface area contributed by atoms with E-state index in [9.17, 15) is 9.59 Å². The molecule has 1 amide bonds. The van der Waals surface area contributed by atoms with E-state index in [0.717, 1.165) is 41.3 Å². The first kappa shape index (κ1) is 21.0. The number of fused-ring (bicyclic) bond motifs is 1. The minimum Gasteiger partial charge on any atom is -0.361 e. The number of hydrogen-bond donors (Lipinski definition) is 2. The molecule has 0 spiro atoms. The molecule has 2 aromatic heterocycles. The highest BCUT2D eigenvalue weighted by atomic mass is 16.1. The van der Waals surface area contributed by atoms with Gasteiger partial charge in [0, 0.05) is 41.9 Å². The number of Topliss-reactive ketones (excluding diaryl/α,β-unsaturated/α-hetero) is 1. The lowest BCUT2D eigenvalue weighted by molar-refractivity contribution is -0.121. The third-order valence-corrected chi connectivity index (χ3v) is 6.15. The number of carbonyl (C=O) groups is 2. The van der Waals surface area contributed by atoms with Gasteiger partial charge >= 0.3 is 0 Å². The Labute approximate surface area is 183 Å². The maximum Gasteiger partial charge on any atom is 0.219 e. The van der Waals surface area contributed by atoms with Gasteiger partial charge in [0.05, 0.1) is 0 Å². The fraction of sp³-hybridized carbons (Fsp3) is 0.346. The SMILES string of the molecule is CCC(=O)N[C@H]1CC[C@@H](/C=C/C(C)C(=O)c2ccc(-c3ccc4[nH]ccc4c3)cn2)C1. The van der Waals surface area contributed by atoms with E-state index in [1.807, 2.05) is 44.3 Å². The number of ketones is 1. The Morgan fingerprint density at radius 3 is 2.81 bits per heavy atom. The van der Waals surface area contributed by atoms with Gasteiger partial charge in [0.1, 0.15) is 5.69 Å². The Balaban J connectivity index is 1.36. The zero-order valence-corrected chi connectivity index (χ0v) is 18.1. The van der Waals surface area contributed by atoms with Crippen molar-refractivity contribution in [2.45, 2.75) is 45.6 Å². The summed E-state index contributed by atoms with van der Waals surface area (Å²) in [5.74, 6) is 0.327. The van der Waals surface area contributed by atoms with Crippen LogP contribution >= 0.6 is 0 Å². The molecule has 1 aliphatic carbocycles. The maximum atomic E-state index is 12.8. The Kier molecular flexibility index (Phi) is 6.31. The molecule has 1 unspecified atom stereocenters. The van der Waals surface area contributed by atoms with Crippen molar-refractivity contribution in [1.82, 2.24) is 15.3 Å². The molecule has 31 heavy (non-hydrogen) atoms. The molecule has 160 valence electrons. The topological polar surface area (TPSA) is 74.8 Å². The van der Waals surface area contributed by atoms with Crippen LogP contribution in [-0.4, -0.2) is 27.7 Å². The molecule has 2 heterocycles. The average Bonchev–Trinajstić information content (AvgIpc) is 3.45. The van der Waals surface area contributed by atoms with Gasteiger partial charge in [-0.05, 0) is 60.4 Å². The van der Waals surface area contributed by atoms with Crippen LogP contribution in [0.1, 0.15) is 50.0 Å². The number of pyridine rings is 1. The zero-order valence-electron chi connectivity index (χ0n) is 18.1. The third kappa shape index (κ3) is 4.93. The van der Waals surface area contributed by atoms with Gasteiger partial charge in [0.25, 0.3) is 0 Å². The smallest absolute Gasteiger partial charge is 0.219 e. The van der Waals surface area contributed by atoms with Gasteiger partial charge in [-0.3, -0.25) is 14.6 Å². The number of nitrogens with one attached hydrogen (secondary N) is 2. The number of aromatic nitrogens is 2. The fourth-order valence-corrected chi connectivity index (χ4v) is 4.24. The summed E-state index contributed by atoms with van der Waals surface area (Å²) in [5.41, 5.74) is 3.67. The lowest BCUT2D eigenvalue weighted by Crippen LogP contribution is -2.32. The molecule has 1 fully saturated rings. The number of aromatic amines is 1. The van der Waals surface area contributed by atoms with Crippen LogP contribution in [0.25, 0.3) is 22.0 Å². The number of nitrogens with zero attached hydrogens (tertiary/aromatic N) is 1. The first-order valence-corrected chi connectivity index (χ1v) is 11.1. The minimum absolute atomic E-state index is 0.0257. The Morgan fingerprint density at radius 1 is 1.19 bits per heavy atom. The summed E-state index contributed by atoms with van der Waals surface area (Å²) in [6.07, 6.45) is 11.3. The summed E-state index contributed by atoms with van der Waals surface area (Å²) in [4.78, 5) is 32.0. The standard InChI is InChI=1S/C26H29N3O2/c1-3-25(30)29-22-9-6-18(14-22)5-4-17(2)26(31)24-11-8-21(16-28-24)19-7-10-23-20(15-19)12-13-27-23/h4-5,7-8,10-13,15-18,22,27H,3,6,9,14H2,1-2H3,(H,29,30)/b5-4+/t17?,18-,22+/m1/s1. The molecule has 0 radical (unpaired) electrons. The van der Waals surface area contributed by atoms with Crippen LogP contribution in [-0.2, 0) is 4.79 Å². The van der Waals surface area contributed by atoms with E-state index in [1.165, 1.54) is 0 Å². The number of rotatable bonds is 7. The molecule has 1 aromatic carbocycles. The van der Waals surface area contributed by atoms with Crippen LogP contribution in [0.3, 0.4) is 0 Å². The van der Waals surface area contributed by atoms with Crippen molar-refractivity contribution in [3.63, 3.8) is 0 Å². The maximum absolute atomic E-state index is 12.8. The molecule has 2 N–H and O–H groups in total. The van der Waals surface area contributed by atoms with E-state index in [4.69, 9.17) is 0 Å². The minimum atomic E-state index is -0.223. The molecule has 5 nitrogen and oxygen atoms in total. The highest BCUT2D eigenvalue weighted by molar-refractivity contribution is 5.97. The number of H-pyrrole nitrogens is 1. The molecule has 5 heteroatoms. The Morgan fingerprint density at radius 2 is 2.03 bits per heavy atom. The summed E-state index contributed by atoms with van der Waals surface area (Å²) < 4.78 is 0. The van der Waals surface area contributed by atoms with E-state index in [1.54, 1.807) is 6.20 Å². The second kappa shape index (κ2) is 9.29. The van der Waals surface area contributed by atoms with Crippen LogP contribution in [0, 0.1) is 11.8 Å². The van der Waals surface area contributed by atoms with Crippen molar-refractivity contribution in [2.24, 2.45) is 11.8 Å². The quantitative estimate of drug-likeness (QED) is 0.406. The van der Waals surface area contributed by atoms with E-state index >= 15 is 0 Å². The predicted octanol–water partition coefficient (Wildman–Crippen LogP) is 5.30. The van der Waals surface area contributed by atoms with Gasteiger partial charge in [-0.15, -0.1) is 0 Å². The summed E-state index contributed by atoms with van der Waals surface area (Å²) >= 11 is 0. The Hall–Kier alpha value is -3.21. The number of amides is 1. The molecule has 0 saturated heterocycles. The third-order valence-electron chi connectivity index (χ3n) is 6.15. The second-order valence-electron chi connectivity index (χ2n) is 8.44. The van der Waals surface area contributed by atoms with Gasteiger partial charge < -0.3 is 10.3 Å². The number of allylic oxidation sites excluding steroid dienone is 2. The normalized spacial score (nSPS) is 19.7. The molecule has 0 aliphatic heterocycles. The molecule has 0 bridgehead atoms. The molecule has 3 atom stereocenters. The number of benzene rings is 1. The van der Waals surface area contributed by atoms with Gasteiger partial charge in [-0.2, -0.15) is 0 Å². The summed E-state index contributed by atoms with van der Waals surface area (Å²) in [6, 6.07) is 12.3. The number of hydrogen-bond acceptors (Lipinski definition) is 3. The van der Waals surface area contributed by atoms with Crippen molar-refractivity contribution >= 4 is 22.6 Å². The van der Waals surface area contributed by atoms with E-state index in [0.29, 0.717) is 18.0 Å². The lowest BCUT2D eigenvalue weighted by Gasteiger charge is -2.11. The monoisotopic (exact) mass is 415 g/mol. The van der Waals surface area contributed by atoms with E-state index in [-0.39, 0.29) is 23.7 Å². The van der Waals surface area contributed by atoms with Crippen molar-refractivity contribution in [3.8, 4) is 11.1 Å². The highest BCUT2D eigenvalue weighted by Crippen LogP contribution is 2.28. The van der Waals surface area contributed by atoms with Gasteiger partial charge in [-0.25, -0.2) is 0 Å². The van der Waals surface area contributed by atoms with Gasteiger partial charge in [-0.1, -0.05) is 38.1 Å². The Bertz CT molecular complexity index is 1100. The van der Waals surface area contributed by atoms with Crippen LogP contribution in [0.5, 0.6) is 0 Å². The highest BCUT2D eigenvalue weighted by Gasteiger charge is 2.24. The van der Waals surface area contributed by atoms with Crippen molar-refractivity contribution in [3.05, 3.63) is 66.6 Å². The lowest BCUT2D eigenvalue weighted by atomic mass is 9.98. The molecule has 1 aliphatic rings. The second-order valence-corrected chi connectivity index (χ2v) is 8.44. The molecule has 4 rings (SSSR count). The van der Waals surface area contributed by atoms with Gasteiger partial charge in [0.2, 0.25) is 5.91 Å². The van der Waals surface area contributed by atoms with Crippen LogP contribution < -0.4 is 5.32 Å². The molecule has 3 aromatic rings. The summed E-state index contributed by atoms with van der Waals surface area (Å²) in [7, 11) is 0. The van der Waals surface area contributed by atoms with E-state index in [2.05, 4.69) is 39.6 Å². The van der Waals surface area contributed by atoms with Crippen LogP contribution in [0.2, 0.25) is 0 Å². The van der Waals surface area contributed by atoms with Crippen LogP contribution in [0.15, 0.2) is 60.9 Å². The van der Waals surface area contributed by atoms with Gasteiger partial charge in [0.15, 0.2) is 5.78 Å². The van der Waals surface area contributed by atoms with Crippen molar-refractivity contribution in [2.75, 3.05) is 0 Å². The van der Waals surface area contributed by atoms with Crippen molar-refractivity contribution < 1.29 is 9.59 Å². The molecule has 1 saturated carbocycles. The largest absolute Gasteiger partial charge is 0.361 e. The van der Waals surface area contributed by atoms with Crippen LogP contribution in [0.4, 0.5) is 0 Å². The summed E-state index contributed by atoms with van der Waals surface area (Å²) in [6.45, 7) is 3.79. The molecular weight excluding hydrogens is 386 g/mol. The van der Waals surface area contributed by atoms with E-state index < -0.39 is 0 Å². The fourth-order valence-electron chi connectivity index (χ4n) is 4.24. The summed E-state index contributed by atoms with van der Waals surface area (Å²) in [5, 5.41) is 4.22. The predicted molar refractivity (Wildman–Crippen MR) is 124 cm³/mol. The first-order chi connectivity index (χ1) is 15.0. The first-order valence-electron chi connectivity index (χ1n) is 11.1. The zero-order chi connectivity index (χ0) is 21.8. The molecular formula is C26H29N3O2.